The van der Waals surface area contributed by atoms with E-state index in [1.54, 1.807) is 13.8 Å². The fraction of sp³-hybridized carbons (Fsp3) is 0.632. The van der Waals surface area contributed by atoms with Crippen LogP contribution in [0.4, 0.5) is 0 Å². The fourth-order valence-corrected chi connectivity index (χ4v) is 3.99. The molecular formula is C19H30O5S. The highest BCUT2D eigenvalue weighted by atomic mass is 32.2. The molecule has 1 rings (SSSR count). The number of ether oxygens (including phenoxy) is 1. The number of rotatable bonds is 12. The number of carboxylic acids is 1. The molecular weight excluding hydrogens is 340 g/mol. The van der Waals surface area contributed by atoms with E-state index in [2.05, 4.69) is 6.92 Å². The van der Waals surface area contributed by atoms with Gasteiger partial charge in [0.2, 0.25) is 0 Å². The minimum Gasteiger partial charge on any atom is -0.490 e. The minimum atomic E-state index is -3.48. The maximum absolute atomic E-state index is 12.4. The number of aromatic carboxylic acids is 1. The molecule has 0 spiro atoms. The van der Waals surface area contributed by atoms with Crippen LogP contribution < -0.4 is 4.74 Å². The zero-order valence-corrected chi connectivity index (χ0v) is 16.3. The van der Waals surface area contributed by atoms with Gasteiger partial charge in [0.05, 0.1) is 16.8 Å². The Labute approximate surface area is 151 Å². The van der Waals surface area contributed by atoms with Gasteiger partial charge in [0.1, 0.15) is 11.3 Å². The Hall–Kier alpha value is -1.56. The highest BCUT2D eigenvalue weighted by Gasteiger charge is 2.20. The van der Waals surface area contributed by atoms with E-state index in [1.807, 2.05) is 0 Å². The Morgan fingerprint density at radius 1 is 1.08 bits per heavy atom. The molecule has 1 aromatic carbocycles. The smallest absolute Gasteiger partial charge is 0.339 e. The van der Waals surface area contributed by atoms with Crippen molar-refractivity contribution in [2.75, 3.05) is 5.75 Å². The maximum atomic E-state index is 12.4. The second-order valence-electron chi connectivity index (χ2n) is 6.57. The standard InChI is InChI=1S/C19H30O5S/c1-4-5-6-7-8-9-10-13-25(22,23)16-11-12-18(24-15(2)3)17(14-16)19(20)21/h11-12,14-15H,4-10,13H2,1-3H3,(H,20,21). The number of benzene rings is 1. The number of unbranched alkanes of at least 4 members (excludes halogenated alkanes) is 6. The third-order valence-electron chi connectivity index (χ3n) is 3.92. The number of carboxylic acid groups (broad SMARTS) is 1. The van der Waals surface area contributed by atoms with Crippen LogP contribution in [-0.4, -0.2) is 31.4 Å². The lowest BCUT2D eigenvalue weighted by Crippen LogP contribution is -2.12. The first-order valence-corrected chi connectivity index (χ1v) is 10.7. The lowest BCUT2D eigenvalue weighted by Gasteiger charge is -2.13. The van der Waals surface area contributed by atoms with Crippen LogP contribution in [0.2, 0.25) is 0 Å². The van der Waals surface area contributed by atoms with Crippen molar-refractivity contribution in [1.82, 2.24) is 0 Å². The first kappa shape index (κ1) is 21.5. The molecule has 0 bridgehead atoms. The predicted molar refractivity (Wildman–Crippen MR) is 99.2 cm³/mol. The Morgan fingerprint density at radius 2 is 1.68 bits per heavy atom. The van der Waals surface area contributed by atoms with E-state index < -0.39 is 15.8 Å². The largest absolute Gasteiger partial charge is 0.490 e. The molecule has 0 fully saturated rings. The van der Waals surface area contributed by atoms with E-state index >= 15 is 0 Å². The highest BCUT2D eigenvalue weighted by Crippen LogP contribution is 2.25. The normalized spacial score (nSPS) is 11.7. The molecule has 5 nitrogen and oxygen atoms in total. The molecule has 0 aromatic heterocycles. The average molecular weight is 371 g/mol. The van der Waals surface area contributed by atoms with Crippen LogP contribution in [0.15, 0.2) is 23.1 Å². The van der Waals surface area contributed by atoms with Crippen LogP contribution in [-0.2, 0) is 9.84 Å². The van der Waals surface area contributed by atoms with Crippen molar-refractivity contribution in [2.45, 2.75) is 76.7 Å². The minimum absolute atomic E-state index is 0.0459. The molecule has 25 heavy (non-hydrogen) atoms. The van der Waals surface area contributed by atoms with Gasteiger partial charge in [0, 0.05) is 0 Å². The van der Waals surface area contributed by atoms with E-state index in [0.717, 1.165) is 19.3 Å². The van der Waals surface area contributed by atoms with Crippen molar-refractivity contribution in [2.24, 2.45) is 0 Å². The van der Waals surface area contributed by atoms with Crippen molar-refractivity contribution < 1.29 is 23.1 Å². The summed E-state index contributed by atoms with van der Waals surface area (Å²) in [5, 5.41) is 9.31. The first-order chi connectivity index (χ1) is 11.8. The monoisotopic (exact) mass is 370 g/mol. The van der Waals surface area contributed by atoms with E-state index in [1.165, 1.54) is 37.5 Å². The van der Waals surface area contributed by atoms with Gasteiger partial charge in [-0.1, -0.05) is 45.4 Å². The Morgan fingerprint density at radius 3 is 2.24 bits per heavy atom. The van der Waals surface area contributed by atoms with Gasteiger partial charge in [-0.3, -0.25) is 0 Å². The summed E-state index contributed by atoms with van der Waals surface area (Å²) in [6.45, 7) is 5.74. The molecule has 142 valence electrons. The summed E-state index contributed by atoms with van der Waals surface area (Å²) in [6, 6.07) is 4.07. The zero-order chi connectivity index (χ0) is 18.9. The van der Waals surface area contributed by atoms with Gasteiger partial charge in [-0.25, -0.2) is 13.2 Å². The van der Waals surface area contributed by atoms with Gasteiger partial charge in [0.15, 0.2) is 9.84 Å². The van der Waals surface area contributed by atoms with Crippen LogP contribution in [0.3, 0.4) is 0 Å². The molecule has 0 heterocycles. The number of carbonyl (C=O) groups is 1. The number of hydrogen-bond donors (Lipinski definition) is 1. The molecule has 0 aliphatic heterocycles. The van der Waals surface area contributed by atoms with Crippen LogP contribution in [0.25, 0.3) is 0 Å². The van der Waals surface area contributed by atoms with Crippen molar-refractivity contribution in [3.63, 3.8) is 0 Å². The van der Waals surface area contributed by atoms with E-state index in [9.17, 15) is 18.3 Å². The molecule has 0 aliphatic rings. The molecule has 0 radical (unpaired) electrons. The summed E-state index contributed by atoms with van der Waals surface area (Å²) in [7, 11) is -3.48. The third kappa shape index (κ3) is 7.46. The van der Waals surface area contributed by atoms with Crippen LogP contribution in [0.5, 0.6) is 5.75 Å². The van der Waals surface area contributed by atoms with Crippen molar-refractivity contribution in [1.29, 1.82) is 0 Å². The quantitative estimate of drug-likeness (QED) is 0.540. The van der Waals surface area contributed by atoms with Gasteiger partial charge in [0.25, 0.3) is 0 Å². The molecule has 1 aromatic rings. The van der Waals surface area contributed by atoms with Crippen LogP contribution in [0, 0.1) is 0 Å². The summed E-state index contributed by atoms with van der Waals surface area (Å²) in [6.07, 6.45) is 7.08. The average Bonchev–Trinajstić information content (AvgIpc) is 2.53. The second kappa shape index (κ2) is 10.4. The summed E-state index contributed by atoms with van der Waals surface area (Å²) in [5.41, 5.74) is -0.116. The van der Waals surface area contributed by atoms with E-state index in [4.69, 9.17) is 4.74 Å². The van der Waals surface area contributed by atoms with Gasteiger partial charge in [-0.05, 0) is 38.5 Å². The Kier molecular flexibility index (Phi) is 8.97. The summed E-state index contributed by atoms with van der Waals surface area (Å²) >= 11 is 0. The maximum Gasteiger partial charge on any atom is 0.339 e. The molecule has 0 unspecified atom stereocenters. The Balaban J connectivity index is 2.71. The predicted octanol–water partition coefficient (Wildman–Crippen LogP) is 4.70. The molecule has 6 heteroatoms. The summed E-state index contributed by atoms with van der Waals surface area (Å²) < 4.78 is 30.3. The topological polar surface area (TPSA) is 80.7 Å². The van der Waals surface area contributed by atoms with Crippen molar-refractivity contribution in [3.8, 4) is 5.75 Å². The van der Waals surface area contributed by atoms with Gasteiger partial charge < -0.3 is 9.84 Å². The van der Waals surface area contributed by atoms with Crippen LogP contribution >= 0.6 is 0 Å². The third-order valence-corrected chi connectivity index (χ3v) is 5.72. The second-order valence-corrected chi connectivity index (χ2v) is 8.68. The molecule has 0 amide bonds. The lowest BCUT2D eigenvalue weighted by molar-refractivity contribution is 0.0690. The van der Waals surface area contributed by atoms with Crippen molar-refractivity contribution in [3.05, 3.63) is 23.8 Å². The van der Waals surface area contributed by atoms with Gasteiger partial charge in [-0.15, -0.1) is 0 Å². The summed E-state index contributed by atoms with van der Waals surface area (Å²) in [5.74, 6) is -0.953. The SMILES string of the molecule is CCCCCCCCCS(=O)(=O)c1ccc(OC(C)C)c(C(=O)O)c1. The lowest BCUT2D eigenvalue weighted by atomic mass is 10.1. The Bertz CT molecular complexity index is 650. The molecule has 0 aliphatic carbocycles. The molecule has 0 saturated carbocycles. The fourth-order valence-electron chi connectivity index (χ4n) is 2.59. The van der Waals surface area contributed by atoms with Gasteiger partial charge in [-0.2, -0.15) is 0 Å². The van der Waals surface area contributed by atoms with Crippen molar-refractivity contribution >= 4 is 15.8 Å². The van der Waals surface area contributed by atoms with E-state index in [0.29, 0.717) is 6.42 Å². The molecule has 0 saturated heterocycles. The van der Waals surface area contributed by atoms with E-state index in [-0.39, 0.29) is 28.1 Å². The van der Waals surface area contributed by atoms with Crippen LogP contribution in [0.1, 0.15) is 76.1 Å². The first-order valence-electron chi connectivity index (χ1n) is 9.04. The van der Waals surface area contributed by atoms with Gasteiger partial charge >= 0.3 is 5.97 Å². The highest BCUT2D eigenvalue weighted by molar-refractivity contribution is 7.91. The zero-order valence-electron chi connectivity index (χ0n) is 15.5. The number of sulfone groups is 1. The molecule has 1 N–H and O–H groups in total. The number of hydrogen-bond acceptors (Lipinski definition) is 4. The molecule has 0 atom stereocenters. The summed E-state index contributed by atoms with van der Waals surface area (Å²) in [4.78, 5) is 11.4.